The molecule has 0 saturated carbocycles. The molecule has 5 rings (SSSR count). The number of alkyl halides is 3. The van der Waals surface area contributed by atoms with E-state index in [9.17, 15) is 17.6 Å². The van der Waals surface area contributed by atoms with E-state index in [-0.39, 0.29) is 17.5 Å². The summed E-state index contributed by atoms with van der Waals surface area (Å²) in [6.07, 6.45) is -2.81. The highest BCUT2D eigenvalue weighted by atomic mass is 19.4. The number of ether oxygens (including phenoxy) is 1. The minimum absolute atomic E-state index is 0.0195. The van der Waals surface area contributed by atoms with Crippen molar-refractivity contribution < 1.29 is 22.3 Å². The van der Waals surface area contributed by atoms with Crippen LogP contribution in [0.1, 0.15) is 5.56 Å². The summed E-state index contributed by atoms with van der Waals surface area (Å²) >= 11 is 0. The van der Waals surface area contributed by atoms with E-state index in [1.54, 1.807) is 30.5 Å². The molecule has 0 unspecified atom stereocenters. The first kappa shape index (κ1) is 22.1. The number of halogens is 4. The third-order valence-electron chi connectivity index (χ3n) is 5.10. The van der Waals surface area contributed by atoms with Crippen LogP contribution < -0.4 is 15.8 Å². The lowest BCUT2D eigenvalue weighted by Crippen LogP contribution is -2.04. The molecule has 0 aliphatic carbocycles. The second-order valence-corrected chi connectivity index (χ2v) is 7.56. The first-order valence-electron chi connectivity index (χ1n) is 10.2. The van der Waals surface area contributed by atoms with Crippen LogP contribution in [0.4, 0.5) is 35.0 Å². The summed E-state index contributed by atoms with van der Waals surface area (Å²) in [4.78, 5) is 8.15. The van der Waals surface area contributed by atoms with Gasteiger partial charge in [0, 0.05) is 28.8 Å². The van der Waals surface area contributed by atoms with Crippen molar-refractivity contribution in [3.63, 3.8) is 0 Å². The van der Waals surface area contributed by atoms with Crippen molar-refractivity contribution >= 4 is 28.4 Å². The van der Waals surface area contributed by atoms with Crippen LogP contribution >= 0.6 is 0 Å². The fourth-order valence-corrected chi connectivity index (χ4v) is 3.43. The van der Waals surface area contributed by atoms with Gasteiger partial charge in [0.05, 0.1) is 23.0 Å². The SMILES string of the molecule is Nc1nc(Nc2ccc(Oc3ccc4[nH]ncc4c3)c(F)c2)cc(-c2ccc(C(F)(F)F)cc2)n1. The molecule has 0 bridgehead atoms. The van der Waals surface area contributed by atoms with Crippen molar-refractivity contribution in [2.45, 2.75) is 6.18 Å². The van der Waals surface area contributed by atoms with Gasteiger partial charge in [-0.1, -0.05) is 12.1 Å². The number of benzene rings is 3. The highest BCUT2D eigenvalue weighted by Crippen LogP contribution is 2.32. The lowest BCUT2D eigenvalue weighted by molar-refractivity contribution is -0.137. The number of aromatic amines is 1. The molecule has 0 saturated heterocycles. The molecule has 35 heavy (non-hydrogen) atoms. The summed E-state index contributed by atoms with van der Waals surface area (Å²) < 4.78 is 58.8. The van der Waals surface area contributed by atoms with E-state index in [0.717, 1.165) is 23.0 Å². The highest BCUT2D eigenvalue weighted by Gasteiger charge is 2.30. The average Bonchev–Trinajstić information content (AvgIpc) is 3.28. The fraction of sp³-hybridized carbons (Fsp3) is 0.0417. The average molecular weight is 480 g/mol. The normalized spacial score (nSPS) is 11.5. The Labute approximate surface area is 195 Å². The van der Waals surface area contributed by atoms with E-state index in [1.807, 2.05) is 0 Å². The second kappa shape index (κ2) is 8.60. The number of H-pyrrole nitrogens is 1. The van der Waals surface area contributed by atoms with Gasteiger partial charge in [-0.15, -0.1) is 0 Å². The minimum atomic E-state index is -4.44. The van der Waals surface area contributed by atoms with Gasteiger partial charge in [0.15, 0.2) is 11.6 Å². The molecule has 0 atom stereocenters. The van der Waals surface area contributed by atoms with Crippen molar-refractivity contribution in [3.8, 4) is 22.8 Å². The molecular weight excluding hydrogens is 464 g/mol. The first-order valence-corrected chi connectivity index (χ1v) is 10.2. The standard InChI is InChI=1S/C24H16F4N6O/c25-18-10-16(5-8-21(18)35-17-6-7-19-14(9-17)12-30-34-19)31-22-11-20(32-23(29)33-22)13-1-3-15(4-2-13)24(26,27)28/h1-12H,(H,30,34)(H3,29,31,32,33). The highest BCUT2D eigenvalue weighted by molar-refractivity contribution is 5.79. The summed E-state index contributed by atoms with van der Waals surface area (Å²) in [6, 6.07) is 15.5. The summed E-state index contributed by atoms with van der Waals surface area (Å²) in [5, 5.41) is 10.5. The van der Waals surface area contributed by atoms with Gasteiger partial charge in [0.1, 0.15) is 11.6 Å². The lowest BCUT2D eigenvalue weighted by Gasteiger charge is -2.11. The van der Waals surface area contributed by atoms with Crippen LogP contribution in [0.15, 0.2) is 72.9 Å². The zero-order valence-electron chi connectivity index (χ0n) is 17.8. The van der Waals surface area contributed by atoms with Gasteiger partial charge in [-0.3, -0.25) is 5.10 Å². The molecule has 0 fully saturated rings. The summed E-state index contributed by atoms with van der Waals surface area (Å²) in [5.41, 5.74) is 6.92. The Kier molecular flexibility index (Phi) is 5.44. The van der Waals surface area contributed by atoms with Crippen LogP contribution in [0.2, 0.25) is 0 Å². The van der Waals surface area contributed by atoms with Crippen molar-refractivity contribution in [2.24, 2.45) is 0 Å². The first-order chi connectivity index (χ1) is 16.7. The van der Waals surface area contributed by atoms with E-state index in [4.69, 9.17) is 10.5 Å². The number of fused-ring (bicyclic) bond motifs is 1. The van der Waals surface area contributed by atoms with Gasteiger partial charge in [0.25, 0.3) is 0 Å². The van der Waals surface area contributed by atoms with Gasteiger partial charge >= 0.3 is 6.18 Å². The van der Waals surface area contributed by atoms with Crippen LogP contribution in [0.5, 0.6) is 11.5 Å². The Morgan fingerprint density at radius 2 is 1.71 bits per heavy atom. The maximum atomic E-state index is 14.7. The minimum Gasteiger partial charge on any atom is -0.454 e. The Bertz CT molecular complexity index is 1520. The number of nitrogens with one attached hydrogen (secondary N) is 2. The zero-order valence-corrected chi connectivity index (χ0v) is 17.8. The predicted molar refractivity (Wildman–Crippen MR) is 123 cm³/mol. The van der Waals surface area contributed by atoms with Crippen LogP contribution in [-0.4, -0.2) is 20.2 Å². The maximum Gasteiger partial charge on any atom is 0.416 e. The molecule has 2 aromatic heterocycles. The van der Waals surface area contributed by atoms with Crippen LogP contribution in [0.25, 0.3) is 22.2 Å². The topological polar surface area (TPSA) is 102 Å². The summed E-state index contributed by atoms with van der Waals surface area (Å²) in [7, 11) is 0. The maximum absolute atomic E-state index is 14.7. The predicted octanol–water partition coefficient (Wildman–Crippen LogP) is 6.30. The molecule has 5 aromatic rings. The number of hydrogen-bond acceptors (Lipinski definition) is 6. The molecule has 0 spiro atoms. The quantitative estimate of drug-likeness (QED) is 0.255. The molecule has 0 aliphatic rings. The third kappa shape index (κ3) is 4.83. The molecular formula is C24H16F4N6O. The van der Waals surface area contributed by atoms with E-state index >= 15 is 0 Å². The number of rotatable bonds is 5. The molecule has 2 heterocycles. The van der Waals surface area contributed by atoms with Crippen LogP contribution in [0.3, 0.4) is 0 Å². The fourth-order valence-electron chi connectivity index (χ4n) is 3.43. The van der Waals surface area contributed by atoms with Crippen molar-refractivity contribution in [1.82, 2.24) is 20.2 Å². The number of hydrogen-bond donors (Lipinski definition) is 3. The molecule has 7 nitrogen and oxygen atoms in total. The van der Waals surface area contributed by atoms with Gasteiger partial charge in [0.2, 0.25) is 5.95 Å². The molecule has 0 aliphatic heterocycles. The Morgan fingerprint density at radius 1 is 0.914 bits per heavy atom. The van der Waals surface area contributed by atoms with Gasteiger partial charge in [-0.2, -0.15) is 23.3 Å². The monoisotopic (exact) mass is 480 g/mol. The van der Waals surface area contributed by atoms with Crippen LogP contribution in [0, 0.1) is 5.82 Å². The smallest absolute Gasteiger partial charge is 0.416 e. The molecule has 0 radical (unpaired) electrons. The van der Waals surface area contributed by atoms with Gasteiger partial charge < -0.3 is 15.8 Å². The number of nitrogen functional groups attached to an aromatic ring is 1. The summed E-state index contributed by atoms with van der Waals surface area (Å²) in [6.45, 7) is 0. The molecule has 11 heteroatoms. The molecule has 176 valence electrons. The number of aromatic nitrogens is 4. The van der Waals surface area contributed by atoms with Crippen molar-refractivity contribution in [1.29, 1.82) is 0 Å². The largest absolute Gasteiger partial charge is 0.454 e. The third-order valence-corrected chi connectivity index (χ3v) is 5.10. The van der Waals surface area contributed by atoms with E-state index in [2.05, 4.69) is 25.5 Å². The number of anilines is 3. The van der Waals surface area contributed by atoms with Gasteiger partial charge in [-0.25, -0.2) is 9.37 Å². The molecule has 4 N–H and O–H groups in total. The molecule has 0 amide bonds. The van der Waals surface area contributed by atoms with Gasteiger partial charge in [-0.05, 0) is 42.5 Å². The van der Waals surface area contributed by atoms with Crippen molar-refractivity contribution in [2.75, 3.05) is 11.1 Å². The number of nitrogens with two attached hydrogens (primary N) is 1. The summed E-state index contributed by atoms with van der Waals surface area (Å²) in [5.74, 6) is -0.00701. The van der Waals surface area contributed by atoms with Crippen LogP contribution in [-0.2, 0) is 6.18 Å². The second-order valence-electron chi connectivity index (χ2n) is 7.56. The van der Waals surface area contributed by atoms with E-state index in [1.165, 1.54) is 30.3 Å². The van der Waals surface area contributed by atoms with Crippen molar-refractivity contribution in [3.05, 3.63) is 84.3 Å². The number of nitrogens with zero attached hydrogens (tertiary/aromatic N) is 3. The lowest BCUT2D eigenvalue weighted by atomic mass is 10.1. The Hall–Kier alpha value is -4.67. The Balaban J connectivity index is 1.35. The Morgan fingerprint density at radius 3 is 2.46 bits per heavy atom. The zero-order chi connectivity index (χ0) is 24.6. The van der Waals surface area contributed by atoms with E-state index in [0.29, 0.717) is 22.7 Å². The molecule has 3 aromatic carbocycles. The van der Waals surface area contributed by atoms with E-state index < -0.39 is 17.6 Å².